The van der Waals surface area contributed by atoms with Crippen molar-refractivity contribution < 1.29 is 33.9 Å². The first-order valence-corrected chi connectivity index (χ1v) is 9.19. The number of amides is 2. The molecule has 0 aromatic heterocycles. The molecule has 2 heterocycles. The highest BCUT2D eigenvalue weighted by molar-refractivity contribution is 6.23. The molecule has 0 saturated carbocycles. The summed E-state index contributed by atoms with van der Waals surface area (Å²) in [6, 6.07) is 13.4. The maximum Gasteiger partial charge on any atom is 0.371 e. The predicted molar refractivity (Wildman–Crippen MR) is 98.8 cm³/mol. The van der Waals surface area contributed by atoms with E-state index in [1.54, 1.807) is 36.4 Å². The second kappa shape index (κ2) is 7.06. The van der Waals surface area contributed by atoms with Gasteiger partial charge in [0.05, 0.1) is 12.8 Å². The number of quaternary nitrogens is 1. The van der Waals surface area contributed by atoms with E-state index in [0.717, 1.165) is 12.0 Å². The number of carbonyl (C=O) groups excluding carboxylic acids is 3. The smallest absolute Gasteiger partial charge is 0.371 e. The molecule has 2 aromatic rings. The maximum absolute atomic E-state index is 14.6. The number of anilines is 1. The predicted octanol–water partition coefficient (Wildman–Crippen LogP) is 0.154. The van der Waals surface area contributed by atoms with Gasteiger partial charge in [0.25, 0.3) is 0 Å². The average molecular weight is 399 g/mol. The SMILES string of the molecule is COC(=O)[C@@]1(CO)[NH2+][C@@H](c2ccccc2F)[C@H]2C(=O)N(c3ccccc3)C(=O)[C@@H]21. The van der Waals surface area contributed by atoms with Gasteiger partial charge in [0.1, 0.15) is 30.3 Å². The van der Waals surface area contributed by atoms with Gasteiger partial charge < -0.3 is 15.2 Å². The number of benzene rings is 2. The Kier molecular flexibility index (Phi) is 4.68. The van der Waals surface area contributed by atoms with Crippen LogP contribution in [0.2, 0.25) is 0 Å². The molecule has 4 rings (SSSR count). The molecule has 4 atom stereocenters. The first kappa shape index (κ1) is 19.2. The van der Waals surface area contributed by atoms with E-state index < -0.39 is 53.6 Å². The number of para-hydroxylation sites is 1. The summed E-state index contributed by atoms with van der Waals surface area (Å²) in [6.45, 7) is -0.729. The number of ether oxygens (including phenoxy) is 1. The lowest BCUT2D eigenvalue weighted by molar-refractivity contribution is -0.735. The van der Waals surface area contributed by atoms with E-state index in [0.29, 0.717) is 5.69 Å². The molecule has 2 amide bonds. The highest BCUT2D eigenvalue weighted by atomic mass is 19.1. The monoisotopic (exact) mass is 399 g/mol. The van der Waals surface area contributed by atoms with Crippen molar-refractivity contribution in [2.24, 2.45) is 11.8 Å². The topological polar surface area (TPSA) is 101 Å². The molecule has 2 aliphatic rings. The molecular formula is C21H20FN2O5+. The van der Waals surface area contributed by atoms with Gasteiger partial charge in [-0.05, 0) is 18.2 Å². The minimum Gasteiger partial charge on any atom is -0.464 e. The molecule has 0 spiro atoms. The summed E-state index contributed by atoms with van der Waals surface area (Å²) in [7, 11) is 1.15. The van der Waals surface area contributed by atoms with Gasteiger partial charge in [-0.3, -0.25) is 9.59 Å². The third-order valence-corrected chi connectivity index (χ3v) is 5.88. The zero-order valence-electron chi connectivity index (χ0n) is 15.6. The number of methoxy groups -OCH3 is 1. The Hall–Kier alpha value is -3.10. The Morgan fingerprint density at radius 3 is 2.41 bits per heavy atom. The summed E-state index contributed by atoms with van der Waals surface area (Å²) >= 11 is 0. The number of esters is 1. The van der Waals surface area contributed by atoms with Gasteiger partial charge in [-0.25, -0.2) is 14.1 Å². The minimum absolute atomic E-state index is 0.192. The van der Waals surface area contributed by atoms with E-state index in [-0.39, 0.29) is 5.56 Å². The zero-order valence-corrected chi connectivity index (χ0v) is 15.6. The highest BCUT2D eigenvalue weighted by Gasteiger charge is 2.73. The van der Waals surface area contributed by atoms with Crippen LogP contribution in [0.15, 0.2) is 54.6 Å². The molecule has 0 bridgehead atoms. The molecule has 3 N–H and O–H groups in total. The van der Waals surface area contributed by atoms with Crippen molar-refractivity contribution in [2.45, 2.75) is 11.6 Å². The number of hydrogen-bond donors (Lipinski definition) is 2. The molecule has 2 saturated heterocycles. The van der Waals surface area contributed by atoms with Crippen LogP contribution in [0.4, 0.5) is 10.1 Å². The number of rotatable bonds is 4. The van der Waals surface area contributed by atoms with Crippen LogP contribution in [-0.2, 0) is 19.1 Å². The van der Waals surface area contributed by atoms with Gasteiger partial charge in [0, 0.05) is 5.56 Å². The van der Waals surface area contributed by atoms with Crippen molar-refractivity contribution in [3.8, 4) is 0 Å². The fraction of sp³-hybridized carbons (Fsp3) is 0.286. The minimum atomic E-state index is -1.73. The lowest BCUT2D eigenvalue weighted by atomic mass is 9.79. The van der Waals surface area contributed by atoms with E-state index in [2.05, 4.69) is 0 Å². The van der Waals surface area contributed by atoms with Crippen molar-refractivity contribution >= 4 is 23.5 Å². The van der Waals surface area contributed by atoms with Gasteiger partial charge in [-0.2, -0.15) is 0 Å². The van der Waals surface area contributed by atoms with E-state index in [9.17, 15) is 23.9 Å². The van der Waals surface area contributed by atoms with Crippen molar-refractivity contribution in [2.75, 3.05) is 18.6 Å². The fourth-order valence-corrected chi connectivity index (χ4v) is 4.58. The fourth-order valence-electron chi connectivity index (χ4n) is 4.58. The Balaban J connectivity index is 1.88. The van der Waals surface area contributed by atoms with Crippen LogP contribution < -0.4 is 10.2 Å². The molecular weight excluding hydrogens is 379 g/mol. The Morgan fingerprint density at radius 1 is 1.14 bits per heavy atom. The largest absolute Gasteiger partial charge is 0.464 e. The summed E-state index contributed by atoms with van der Waals surface area (Å²) in [6.07, 6.45) is 0. The van der Waals surface area contributed by atoms with Crippen LogP contribution in [0.5, 0.6) is 0 Å². The first-order chi connectivity index (χ1) is 14.0. The van der Waals surface area contributed by atoms with Gasteiger partial charge >= 0.3 is 5.97 Å². The quantitative estimate of drug-likeness (QED) is 0.563. The number of carbonyl (C=O) groups is 3. The molecule has 0 radical (unpaired) electrons. The van der Waals surface area contributed by atoms with Gasteiger partial charge in [0.15, 0.2) is 0 Å². The molecule has 0 aliphatic carbocycles. The van der Waals surface area contributed by atoms with Crippen LogP contribution in [0, 0.1) is 17.7 Å². The second-order valence-electron chi connectivity index (χ2n) is 7.25. The maximum atomic E-state index is 14.6. The summed E-state index contributed by atoms with van der Waals surface area (Å²) in [5.41, 5.74) is -1.18. The molecule has 2 aliphatic heterocycles. The normalized spacial score (nSPS) is 28.5. The third kappa shape index (κ3) is 2.67. The standard InChI is InChI=1S/C21H19FN2O5/c1-29-20(28)21(11-25)16-15(17(23-21)13-9-5-6-10-14(13)22)18(26)24(19(16)27)12-7-3-2-4-8-12/h2-10,15-17,23,25H,11H2,1H3/p+1/t15-,16+,17-,21-/m0/s1. The third-order valence-electron chi connectivity index (χ3n) is 5.88. The Labute approximate surface area is 166 Å². The number of halogens is 1. The van der Waals surface area contributed by atoms with Crippen LogP contribution in [0.1, 0.15) is 11.6 Å². The van der Waals surface area contributed by atoms with Gasteiger partial charge in [-0.15, -0.1) is 0 Å². The first-order valence-electron chi connectivity index (χ1n) is 9.19. The zero-order chi connectivity index (χ0) is 20.8. The lowest BCUT2D eigenvalue weighted by Crippen LogP contribution is -2.99. The molecule has 2 fully saturated rings. The molecule has 29 heavy (non-hydrogen) atoms. The van der Waals surface area contributed by atoms with Gasteiger partial charge in [-0.1, -0.05) is 36.4 Å². The van der Waals surface area contributed by atoms with Crippen molar-refractivity contribution in [1.82, 2.24) is 0 Å². The van der Waals surface area contributed by atoms with Crippen LogP contribution in [0.25, 0.3) is 0 Å². The molecule has 150 valence electrons. The second-order valence-corrected chi connectivity index (χ2v) is 7.25. The van der Waals surface area contributed by atoms with Crippen LogP contribution in [0.3, 0.4) is 0 Å². The summed E-state index contributed by atoms with van der Waals surface area (Å²) in [5, 5.41) is 11.6. The van der Waals surface area contributed by atoms with Crippen molar-refractivity contribution in [1.29, 1.82) is 0 Å². The van der Waals surface area contributed by atoms with E-state index in [1.165, 1.54) is 23.5 Å². The van der Waals surface area contributed by atoms with Crippen molar-refractivity contribution in [3.05, 3.63) is 66.0 Å². The molecule has 7 nitrogen and oxygen atoms in total. The van der Waals surface area contributed by atoms with E-state index in [4.69, 9.17) is 4.74 Å². The number of imide groups is 1. The lowest BCUT2D eigenvalue weighted by Gasteiger charge is -2.27. The number of aliphatic hydroxyl groups is 1. The molecule has 0 unspecified atom stereocenters. The Morgan fingerprint density at radius 2 is 1.79 bits per heavy atom. The molecule has 2 aromatic carbocycles. The molecule has 8 heteroatoms. The summed E-state index contributed by atoms with van der Waals surface area (Å²) in [5.74, 6) is -4.73. The number of hydrogen-bond acceptors (Lipinski definition) is 5. The average Bonchev–Trinajstić information content (AvgIpc) is 3.23. The number of nitrogens with zero attached hydrogens (tertiary/aromatic N) is 1. The summed E-state index contributed by atoms with van der Waals surface area (Å²) < 4.78 is 19.4. The van der Waals surface area contributed by atoms with Crippen LogP contribution >= 0.6 is 0 Å². The summed E-state index contributed by atoms with van der Waals surface area (Å²) in [4.78, 5) is 40.4. The Bertz CT molecular complexity index is 982. The number of fused-ring (bicyclic) bond motifs is 1. The van der Waals surface area contributed by atoms with Gasteiger partial charge in [0.2, 0.25) is 17.4 Å². The van der Waals surface area contributed by atoms with Crippen molar-refractivity contribution in [3.63, 3.8) is 0 Å². The number of nitrogens with two attached hydrogens (primary N) is 1. The van der Waals surface area contributed by atoms with E-state index >= 15 is 0 Å². The van der Waals surface area contributed by atoms with Crippen LogP contribution in [-0.4, -0.2) is 42.1 Å². The highest BCUT2D eigenvalue weighted by Crippen LogP contribution is 2.46. The van der Waals surface area contributed by atoms with E-state index in [1.807, 2.05) is 0 Å². The number of aliphatic hydroxyl groups excluding tert-OH is 1.